The van der Waals surface area contributed by atoms with Gasteiger partial charge in [0.15, 0.2) is 0 Å². The molecule has 26 heteroatoms. The van der Waals surface area contributed by atoms with E-state index in [1.807, 2.05) is 72.6 Å². The summed E-state index contributed by atoms with van der Waals surface area (Å²) in [6.45, 7) is 37.9. The van der Waals surface area contributed by atoms with Crippen molar-refractivity contribution in [3.05, 3.63) is 235 Å². The van der Waals surface area contributed by atoms with Gasteiger partial charge in [-0.05, 0) is 268 Å². The quantitative estimate of drug-likeness (QED) is 0.00864. The predicted octanol–water partition coefficient (Wildman–Crippen LogP) is 16.4. The first-order chi connectivity index (χ1) is 59.0. The second-order valence-corrected chi connectivity index (χ2v) is 28.3. The predicted molar refractivity (Wildman–Crippen MR) is 470 cm³/mol. The molecule has 2 amide bonds. The van der Waals surface area contributed by atoms with E-state index >= 15 is 0 Å². The number of hydrogen-bond acceptors (Lipinski definition) is 22. The highest BCUT2D eigenvalue weighted by atomic mass is 16.6. The van der Waals surface area contributed by atoms with Crippen LogP contribution in [0.15, 0.2) is 179 Å². The molecule has 1 aliphatic heterocycles. The van der Waals surface area contributed by atoms with Crippen molar-refractivity contribution in [1.29, 1.82) is 21.0 Å². The molecule has 0 N–H and O–H groups in total. The first-order valence-electron chi connectivity index (χ1n) is 40.9. The average molecular weight is 1650 g/mol. The summed E-state index contributed by atoms with van der Waals surface area (Å²) in [5.41, 5.74) is 8.02. The third-order valence-electron chi connectivity index (χ3n) is 20.4. The van der Waals surface area contributed by atoms with Crippen molar-refractivity contribution in [1.82, 2.24) is 0 Å². The van der Waals surface area contributed by atoms with Gasteiger partial charge in [0, 0.05) is 75.6 Å². The van der Waals surface area contributed by atoms with Crippen molar-refractivity contribution in [2.24, 2.45) is 23.7 Å². The number of amides is 2. The fourth-order valence-corrected chi connectivity index (χ4v) is 14.3. The number of nitriles is 4. The van der Waals surface area contributed by atoms with Crippen molar-refractivity contribution in [3.8, 4) is 24.3 Å². The van der Waals surface area contributed by atoms with Crippen LogP contribution in [0.2, 0.25) is 0 Å². The maximum absolute atomic E-state index is 14.1. The molecule has 0 spiro atoms. The van der Waals surface area contributed by atoms with E-state index in [-0.39, 0.29) is 79.7 Å². The molecule has 2 unspecified atom stereocenters. The third kappa shape index (κ3) is 27.4. The number of hydrogen-bond donors (Lipinski definition) is 0. The van der Waals surface area contributed by atoms with Crippen LogP contribution >= 0.6 is 0 Å². The second kappa shape index (κ2) is 49.1. The monoisotopic (exact) mass is 1650 g/mol. The Kier molecular flexibility index (Phi) is 38.2. The van der Waals surface area contributed by atoms with Crippen molar-refractivity contribution in [3.63, 3.8) is 0 Å². The standard InChI is InChI=1S/C54H66N6O6.C42H38N6O8/c1-8-58(48-20-14-40(15-21-48)35-46(38-55)52(61)64-11-4)29-26-43-32-44(27-30-59(9-2)49-22-16-41(17-23-49)36-47(39-56)53(62)65-12-5)34-45(33-43)28-31-60(10-3)50-24-18-42(19-25-50)37-51(57-7)54(63)66-13-6;1-6-54-40(51)31(26-43)23-28-11-17-34(18-12-28)47-38(49)36(21-22-46(5)33-15-9-30(10-16-33)25-37(45-4)42(53)56-8-3)39(50)48(47)35-19-13-29(14-20-35)24-32(27-44)41(52)55-7-2/h14-25,35-37,43-45H,8-13,26-34H2,1-6H3;9-20,23-25,36H,6-8,21-22H2,1-3,5H3/b46-35+,47-36+,51-37-;31-23+,32-24+,37-25-. The Morgan fingerprint density at radius 1 is 0.361 bits per heavy atom. The lowest BCUT2D eigenvalue weighted by molar-refractivity contribution is -0.138. The van der Waals surface area contributed by atoms with Gasteiger partial charge in [0.1, 0.15) is 52.5 Å². The molecule has 2 fully saturated rings. The highest BCUT2D eigenvalue weighted by molar-refractivity contribution is 6.23. The molecule has 6 aromatic rings. The summed E-state index contributed by atoms with van der Waals surface area (Å²) in [5.74, 6) is -4.47. The van der Waals surface area contributed by atoms with E-state index in [0.717, 1.165) is 98.0 Å². The minimum atomic E-state index is -1.08. The van der Waals surface area contributed by atoms with Gasteiger partial charge in [0.2, 0.25) is 0 Å². The zero-order valence-corrected chi connectivity index (χ0v) is 70.9. The smallest absolute Gasteiger partial charge is 0.348 e. The number of ether oxygens (including phenoxy) is 6. The molecule has 632 valence electrons. The molecule has 1 saturated carbocycles. The molecule has 1 aliphatic carbocycles. The largest absolute Gasteiger partial charge is 0.471 e. The minimum absolute atomic E-state index is 0.0232. The normalized spacial score (nSPS) is 14.9. The van der Waals surface area contributed by atoms with Crippen LogP contribution in [0.4, 0.5) is 34.1 Å². The van der Waals surface area contributed by atoms with Gasteiger partial charge in [-0.2, -0.15) is 21.0 Å². The Balaban J connectivity index is 0.000000340. The summed E-state index contributed by atoms with van der Waals surface area (Å²) < 4.78 is 29.9. The summed E-state index contributed by atoms with van der Waals surface area (Å²) in [7, 11) is 1.81. The molecule has 1 heterocycles. The van der Waals surface area contributed by atoms with Crippen LogP contribution in [0.5, 0.6) is 0 Å². The van der Waals surface area contributed by atoms with Gasteiger partial charge in [-0.15, -0.1) is 0 Å². The van der Waals surface area contributed by atoms with Crippen LogP contribution in [-0.2, 0) is 66.8 Å². The maximum Gasteiger partial charge on any atom is 0.348 e. The molecule has 0 bridgehead atoms. The van der Waals surface area contributed by atoms with Crippen molar-refractivity contribution in [2.75, 3.05) is 122 Å². The number of carbonyl (C=O) groups excluding carboxylic acids is 8. The van der Waals surface area contributed by atoms with Crippen molar-refractivity contribution in [2.45, 2.75) is 107 Å². The van der Waals surface area contributed by atoms with E-state index in [4.69, 9.17) is 41.6 Å². The molecule has 2 atom stereocenters. The average Bonchev–Trinajstić information content (AvgIpc) is 1.61. The van der Waals surface area contributed by atoms with Gasteiger partial charge in [0.25, 0.3) is 23.2 Å². The topological polar surface area (TPSA) is 315 Å². The summed E-state index contributed by atoms with van der Waals surface area (Å²) in [6, 6.07) is 51.4. The van der Waals surface area contributed by atoms with Gasteiger partial charge in [-0.3, -0.25) is 19.2 Å². The fraction of sp³-hybridized carbons (Fsp3) is 0.354. The number of carbonyl (C=O) groups is 8. The van der Waals surface area contributed by atoms with Crippen molar-refractivity contribution >= 4 is 118 Å². The molecule has 2 aliphatic rings. The van der Waals surface area contributed by atoms with E-state index in [0.29, 0.717) is 52.4 Å². The lowest BCUT2D eigenvalue weighted by Gasteiger charge is -2.38. The van der Waals surface area contributed by atoms with E-state index < -0.39 is 53.5 Å². The summed E-state index contributed by atoms with van der Waals surface area (Å²) in [4.78, 5) is 117. The lowest BCUT2D eigenvalue weighted by Crippen LogP contribution is -2.41. The lowest BCUT2D eigenvalue weighted by atomic mass is 9.71. The van der Waals surface area contributed by atoms with Gasteiger partial charge in [0.05, 0.1) is 64.2 Å². The molecular formula is C96H104N12O14. The number of rotatable bonds is 39. The Morgan fingerprint density at radius 2 is 0.598 bits per heavy atom. The van der Waals surface area contributed by atoms with Gasteiger partial charge >= 0.3 is 35.8 Å². The Hall–Kier alpha value is -14.3. The van der Waals surface area contributed by atoms with Gasteiger partial charge in [-0.1, -0.05) is 72.8 Å². The van der Waals surface area contributed by atoms with E-state index in [9.17, 15) is 59.4 Å². The van der Waals surface area contributed by atoms with Crippen molar-refractivity contribution < 1.29 is 66.8 Å². The summed E-state index contributed by atoms with van der Waals surface area (Å²) in [5, 5.41) is 40.5. The summed E-state index contributed by atoms with van der Waals surface area (Å²) in [6.07, 6.45) is 15.7. The zero-order valence-electron chi connectivity index (χ0n) is 70.9. The molecule has 0 aromatic heterocycles. The van der Waals surface area contributed by atoms with Gasteiger partial charge in [-0.25, -0.2) is 38.9 Å². The van der Waals surface area contributed by atoms with Crippen LogP contribution in [0.3, 0.4) is 0 Å². The molecule has 26 nitrogen and oxygen atoms in total. The highest BCUT2D eigenvalue weighted by Gasteiger charge is 2.47. The Morgan fingerprint density at radius 3 is 0.836 bits per heavy atom. The van der Waals surface area contributed by atoms with Crippen LogP contribution in [0, 0.1) is 82.1 Å². The number of anilines is 6. The number of nitrogens with zero attached hydrogens (tertiary/aromatic N) is 12. The Bertz CT molecular complexity index is 4720. The third-order valence-corrected chi connectivity index (χ3v) is 20.4. The van der Waals surface area contributed by atoms with E-state index in [1.165, 1.54) is 47.5 Å². The minimum Gasteiger partial charge on any atom is -0.471 e. The van der Waals surface area contributed by atoms with Crippen LogP contribution in [0.25, 0.3) is 46.1 Å². The maximum atomic E-state index is 14.1. The molecule has 122 heavy (non-hydrogen) atoms. The molecule has 6 aromatic carbocycles. The van der Waals surface area contributed by atoms with E-state index in [2.05, 4.69) is 81.6 Å². The second-order valence-electron chi connectivity index (χ2n) is 28.3. The first-order valence-corrected chi connectivity index (χ1v) is 40.9. The SMILES string of the molecule is [C-]#[N+]/C(=C\c1ccc(N(C)CCC2C(=O)N(c3ccc(/C=C(\C#N)C(=O)OCC)cc3)N(c3ccc(/C=C(\C#N)C(=O)OCC)cc3)C2=O)cc1)C(=O)OCC.[C-]#[N+]/C(=C\c1ccc(N(CC)CCC2CC(CCN(CC)c3ccc(/C=C(\C#N)C(=O)OCC)cc3)CC(CCN(CC)c3ccc(/C=C(\C#N)C(=O)OCC)cc3)C2)cc1)C(=O)OCC. The fourth-order valence-electron chi connectivity index (χ4n) is 14.3. The zero-order chi connectivity index (χ0) is 88.6. The van der Waals surface area contributed by atoms with E-state index in [1.54, 1.807) is 133 Å². The number of benzene rings is 6. The molecule has 1 saturated heterocycles. The van der Waals surface area contributed by atoms with Gasteiger partial charge < -0.3 is 48.0 Å². The highest BCUT2D eigenvalue weighted by Crippen LogP contribution is 2.41. The first kappa shape index (κ1) is 94.8. The molecule has 0 radical (unpaired) electrons. The number of esters is 6. The summed E-state index contributed by atoms with van der Waals surface area (Å²) >= 11 is 0. The van der Waals surface area contributed by atoms with Crippen LogP contribution < -0.4 is 29.6 Å². The molecule has 8 rings (SSSR count). The van der Waals surface area contributed by atoms with Crippen LogP contribution in [0.1, 0.15) is 141 Å². The molecular weight excluding hydrogens is 1550 g/mol. The van der Waals surface area contributed by atoms with Crippen LogP contribution in [-0.4, -0.2) is 140 Å². The number of hydrazine groups is 1. The Labute approximate surface area is 715 Å².